The summed E-state index contributed by atoms with van der Waals surface area (Å²) in [5, 5.41) is 2.75. The summed E-state index contributed by atoms with van der Waals surface area (Å²) in [6, 6.07) is 0. The van der Waals surface area contributed by atoms with Gasteiger partial charge in [0.25, 0.3) is 0 Å². The highest BCUT2D eigenvalue weighted by Crippen LogP contribution is 2.29. The Morgan fingerprint density at radius 1 is 1.29 bits per heavy atom. The first-order valence-corrected chi connectivity index (χ1v) is 8.35. The highest BCUT2D eigenvalue weighted by Gasteiger charge is 2.27. The maximum absolute atomic E-state index is 12.1. The third-order valence-electron chi connectivity index (χ3n) is 4.11. The fourth-order valence-electron chi connectivity index (χ4n) is 2.92. The van der Waals surface area contributed by atoms with Gasteiger partial charge in [0.05, 0.1) is 13.0 Å². The van der Waals surface area contributed by atoms with Crippen LogP contribution in [-0.2, 0) is 16.0 Å². The quantitative estimate of drug-likeness (QED) is 0.896. The van der Waals surface area contributed by atoms with Gasteiger partial charge in [-0.1, -0.05) is 13.8 Å². The van der Waals surface area contributed by atoms with Crippen LogP contribution in [-0.4, -0.2) is 59.7 Å². The van der Waals surface area contributed by atoms with E-state index >= 15 is 0 Å². The largest absolute Gasteiger partial charge is 0.449 e. The van der Waals surface area contributed by atoms with E-state index in [1.165, 1.54) is 6.33 Å². The van der Waals surface area contributed by atoms with Crippen molar-refractivity contribution in [3.63, 3.8) is 0 Å². The number of rotatable bonds is 3. The molecule has 1 aromatic heterocycles. The molecule has 0 aromatic carbocycles. The van der Waals surface area contributed by atoms with Gasteiger partial charge >= 0.3 is 6.09 Å². The number of ether oxygens (including phenoxy) is 1. The van der Waals surface area contributed by atoms with Gasteiger partial charge in [0.15, 0.2) is 0 Å². The van der Waals surface area contributed by atoms with Crippen molar-refractivity contribution in [2.24, 2.45) is 5.92 Å². The van der Waals surface area contributed by atoms with Gasteiger partial charge in [-0.05, 0) is 12.3 Å². The van der Waals surface area contributed by atoms with Gasteiger partial charge in [-0.3, -0.25) is 4.79 Å². The lowest BCUT2D eigenvalue weighted by Gasteiger charge is -2.24. The minimum absolute atomic E-state index is 0.0551. The number of aromatic nitrogens is 2. The molecule has 2 aliphatic rings. The molecular formula is C16H23N5O3. The second-order valence-corrected chi connectivity index (χ2v) is 6.55. The smallest absolute Gasteiger partial charge is 0.409 e. The normalized spacial score (nSPS) is 17.5. The number of anilines is 2. The van der Waals surface area contributed by atoms with Gasteiger partial charge < -0.3 is 19.9 Å². The molecule has 0 aliphatic carbocycles. The maximum Gasteiger partial charge on any atom is 0.409 e. The predicted octanol–water partition coefficient (Wildman–Crippen LogP) is 1.28. The van der Waals surface area contributed by atoms with Crippen LogP contribution in [0.15, 0.2) is 6.33 Å². The Morgan fingerprint density at radius 2 is 2.12 bits per heavy atom. The molecule has 0 atom stereocenters. The molecule has 0 spiro atoms. The molecule has 2 amide bonds. The van der Waals surface area contributed by atoms with Crippen LogP contribution >= 0.6 is 0 Å². The minimum atomic E-state index is -0.254. The molecule has 130 valence electrons. The predicted molar refractivity (Wildman–Crippen MR) is 89.0 cm³/mol. The summed E-state index contributed by atoms with van der Waals surface area (Å²) in [6.07, 6.45) is 2.36. The van der Waals surface area contributed by atoms with E-state index in [-0.39, 0.29) is 12.0 Å². The zero-order valence-electron chi connectivity index (χ0n) is 14.1. The van der Waals surface area contributed by atoms with E-state index in [9.17, 15) is 9.59 Å². The second-order valence-electron chi connectivity index (χ2n) is 6.55. The first-order valence-electron chi connectivity index (χ1n) is 8.35. The molecule has 8 heteroatoms. The lowest BCUT2D eigenvalue weighted by molar-refractivity contribution is -0.115. The van der Waals surface area contributed by atoms with Crippen LogP contribution in [0.5, 0.6) is 0 Å². The molecule has 1 aromatic rings. The molecule has 0 saturated carbocycles. The van der Waals surface area contributed by atoms with Crippen LogP contribution in [0.25, 0.3) is 0 Å². The molecule has 1 N–H and O–H groups in total. The van der Waals surface area contributed by atoms with Crippen LogP contribution < -0.4 is 10.2 Å². The lowest BCUT2D eigenvalue weighted by Crippen LogP contribution is -2.36. The van der Waals surface area contributed by atoms with Gasteiger partial charge in [-0.15, -0.1) is 0 Å². The standard InChI is InChI=1S/C16H23N5O3/c1-11(2)9-24-16(23)21-5-3-4-20(6-7-21)15-12-8-13(22)19-14(12)17-10-18-15/h10-11H,3-9H2,1-2H3,(H,17,18,19,22). The Balaban J connectivity index is 1.65. The fraction of sp³-hybridized carbons (Fsp3) is 0.625. The third-order valence-corrected chi connectivity index (χ3v) is 4.11. The number of hydrogen-bond acceptors (Lipinski definition) is 6. The summed E-state index contributed by atoms with van der Waals surface area (Å²) in [5.41, 5.74) is 0.846. The number of fused-ring (bicyclic) bond motifs is 1. The van der Waals surface area contributed by atoms with Crippen molar-refractivity contribution in [2.75, 3.05) is 43.0 Å². The fourth-order valence-corrected chi connectivity index (χ4v) is 2.92. The average Bonchev–Trinajstić information content (AvgIpc) is 2.78. The summed E-state index contributed by atoms with van der Waals surface area (Å²) < 4.78 is 5.32. The number of nitrogens with zero attached hydrogens (tertiary/aromatic N) is 4. The summed E-state index contributed by atoms with van der Waals surface area (Å²) in [7, 11) is 0. The van der Waals surface area contributed by atoms with Gasteiger partial charge in [0, 0.05) is 31.7 Å². The Hall–Kier alpha value is -2.38. The van der Waals surface area contributed by atoms with E-state index < -0.39 is 0 Å². The number of amides is 2. The molecule has 0 radical (unpaired) electrons. The summed E-state index contributed by atoms with van der Waals surface area (Å²) in [5.74, 6) is 1.66. The van der Waals surface area contributed by atoms with Crippen molar-refractivity contribution in [1.82, 2.24) is 14.9 Å². The van der Waals surface area contributed by atoms with Gasteiger partial charge in [0.2, 0.25) is 5.91 Å². The first kappa shape index (κ1) is 16.5. The van der Waals surface area contributed by atoms with Crippen LogP contribution in [0.4, 0.5) is 16.4 Å². The molecular weight excluding hydrogens is 310 g/mol. The van der Waals surface area contributed by atoms with E-state index in [4.69, 9.17) is 4.74 Å². The highest BCUT2D eigenvalue weighted by atomic mass is 16.6. The van der Waals surface area contributed by atoms with Gasteiger partial charge in [-0.25, -0.2) is 14.8 Å². The second kappa shape index (κ2) is 7.02. The summed E-state index contributed by atoms with van der Waals surface area (Å²) in [4.78, 5) is 36.1. The zero-order valence-corrected chi connectivity index (χ0v) is 14.1. The topological polar surface area (TPSA) is 87.7 Å². The molecule has 3 rings (SSSR count). The summed E-state index contributed by atoms with van der Waals surface area (Å²) >= 11 is 0. The van der Waals surface area contributed by atoms with E-state index in [1.54, 1.807) is 4.90 Å². The monoisotopic (exact) mass is 333 g/mol. The highest BCUT2D eigenvalue weighted by molar-refractivity contribution is 5.99. The van der Waals surface area contributed by atoms with Gasteiger partial charge in [-0.2, -0.15) is 0 Å². The SMILES string of the molecule is CC(C)COC(=O)N1CCCN(c2ncnc3c2CC(=O)N3)CC1. The molecule has 2 aliphatic heterocycles. The molecule has 0 bridgehead atoms. The Kier molecular flexibility index (Phi) is 4.82. The molecule has 8 nitrogen and oxygen atoms in total. The van der Waals surface area contributed by atoms with Crippen LogP contribution in [0.2, 0.25) is 0 Å². The van der Waals surface area contributed by atoms with E-state index in [0.29, 0.717) is 44.4 Å². The van der Waals surface area contributed by atoms with Gasteiger partial charge in [0.1, 0.15) is 18.0 Å². The maximum atomic E-state index is 12.1. The van der Waals surface area contributed by atoms with Crippen molar-refractivity contribution >= 4 is 23.6 Å². The van der Waals surface area contributed by atoms with E-state index in [2.05, 4.69) is 20.2 Å². The van der Waals surface area contributed by atoms with Crippen molar-refractivity contribution in [3.8, 4) is 0 Å². The Labute approximate surface area is 141 Å². The summed E-state index contributed by atoms with van der Waals surface area (Å²) in [6.45, 7) is 7.16. The van der Waals surface area contributed by atoms with Crippen molar-refractivity contribution < 1.29 is 14.3 Å². The Morgan fingerprint density at radius 3 is 2.92 bits per heavy atom. The molecule has 1 saturated heterocycles. The van der Waals surface area contributed by atoms with Crippen molar-refractivity contribution in [1.29, 1.82) is 0 Å². The third kappa shape index (κ3) is 3.58. The molecule has 3 heterocycles. The zero-order chi connectivity index (χ0) is 17.1. The number of nitrogens with one attached hydrogen (secondary N) is 1. The average molecular weight is 333 g/mol. The van der Waals surface area contributed by atoms with Crippen LogP contribution in [0.3, 0.4) is 0 Å². The van der Waals surface area contributed by atoms with Crippen LogP contribution in [0, 0.1) is 5.92 Å². The lowest BCUT2D eigenvalue weighted by atomic mass is 10.2. The minimum Gasteiger partial charge on any atom is -0.449 e. The Bertz CT molecular complexity index is 634. The number of hydrogen-bond donors (Lipinski definition) is 1. The molecule has 1 fully saturated rings. The molecule has 0 unspecified atom stereocenters. The van der Waals surface area contributed by atoms with E-state index in [1.807, 2.05) is 13.8 Å². The van der Waals surface area contributed by atoms with Crippen molar-refractivity contribution in [3.05, 3.63) is 11.9 Å². The number of carbonyl (C=O) groups is 2. The van der Waals surface area contributed by atoms with E-state index in [0.717, 1.165) is 24.3 Å². The number of carbonyl (C=O) groups excluding carboxylic acids is 2. The molecule has 24 heavy (non-hydrogen) atoms. The van der Waals surface area contributed by atoms with Crippen molar-refractivity contribution in [2.45, 2.75) is 26.7 Å². The van der Waals surface area contributed by atoms with Crippen LogP contribution in [0.1, 0.15) is 25.8 Å². The first-order chi connectivity index (χ1) is 11.5.